The van der Waals surface area contributed by atoms with Gasteiger partial charge in [-0.1, -0.05) is 81.4 Å². The normalized spacial score (nSPS) is 12.6. The molecule has 3 aromatic rings. The molecule has 0 saturated heterocycles. The minimum Gasteiger partial charge on any atom is -0.458 e. The number of aldehydes is 1. The Balaban J connectivity index is 2.30. The van der Waals surface area contributed by atoms with Gasteiger partial charge in [0.1, 0.15) is 11.4 Å². The topological polar surface area (TPSA) is 39.4 Å². The maximum absolute atomic E-state index is 11.4. The number of hydrogen-bond donors (Lipinski definition) is 0. The van der Waals surface area contributed by atoms with E-state index in [1.165, 1.54) is 0 Å². The molecular weight excluding hydrogens is 352 g/mol. The van der Waals surface area contributed by atoms with Gasteiger partial charge in [0.25, 0.3) is 0 Å². The van der Waals surface area contributed by atoms with Crippen LogP contribution in [0.15, 0.2) is 71.1 Å². The molecule has 0 aliphatic carbocycles. The molecule has 0 spiro atoms. The fourth-order valence-electron chi connectivity index (χ4n) is 3.31. The van der Waals surface area contributed by atoms with Crippen molar-refractivity contribution in [2.75, 3.05) is 0 Å². The molecule has 0 bridgehead atoms. The molecule has 1 heterocycles. The van der Waals surface area contributed by atoms with Crippen molar-refractivity contribution in [1.29, 1.82) is 0 Å². The molecule has 0 unspecified atom stereocenters. The monoisotopic (exact) mass is 378 g/mol. The largest absolute Gasteiger partial charge is 0.458 e. The summed E-state index contributed by atoms with van der Waals surface area (Å²) in [5, 5.41) is 0.111. The van der Waals surface area contributed by atoms with Crippen LogP contribution in [0.3, 0.4) is 0 Å². The Morgan fingerprint density at radius 3 is 1.85 bits per heavy atom. The van der Waals surface area contributed by atoms with Crippen molar-refractivity contribution in [1.82, 2.24) is 0 Å². The third-order valence-corrected chi connectivity index (χ3v) is 5.96. The average molecular weight is 379 g/mol. The summed E-state index contributed by atoms with van der Waals surface area (Å²) in [6, 6.07) is 22.2. The van der Waals surface area contributed by atoms with Crippen molar-refractivity contribution >= 4 is 16.0 Å². The van der Waals surface area contributed by atoms with Crippen molar-refractivity contribution in [3.05, 3.63) is 94.9 Å². The highest BCUT2D eigenvalue weighted by molar-refractivity contribution is 6.32. The summed E-state index contributed by atoms with van der Waals surface area (Å²) in [7, 11) is -0.929. The summed E-state index contributed by atoms with van der Waals surface area (Å²) in [5.41, 5.74) is 2.17. The molecule has 0 N–H and O–H groups in total. The van der Waals surface area contributed by atoms with Crippen LogP contribution in [0.4, 0.5) is 0 Å². The van der Waals surface area contributed by atoms with Crippen LogP contribution >= 0.6 is 0 Å². The molecule has 1 aromatic heterocycles. The summed E-state index contributed by atoms with van der Waals surface area (Å²) in [6.07, 6.45) is 0.748. The number of aryl methyl sites for hydroxylation is 1. The smallest absolute Gasteiger partial charge is 0.185 e. The van der Waals surface area contributed by atoms with Gasteiger partial charge < -0.3 is 8.84 Å². The number of benzene rings is 2. The van der Waals surface area contributed by atoms with Crippen molar-refractivity contribution in [3.63, 3.8) is 0 Å². The molecule has 0 atom stereocenters. The van der Waals surface area contributed by atoms with Gasteiger partial charge >= 0.3 is 0 Å². The van der Waals surface area contributed by atoms with E-state index >= 15 is 0 Å². The highest BCUT2D eigenvalue weighted by atomic mass is 28.2. The molecule has 4 heteroatoms. The maximum Gasteiger partial charge on any atom is 0.185 e. The van der Waals surface area contributed by atoms with Crippen LogP contribution in [0.5, 0.6) is 0 Å². The molecule has 0 saturated carbocycles. The third-order valence-electron chi connectivity index (χ3n) is 4.51. The SMILES string of the molecule is Cc1oc(C=O)cc1C(O[SiH2]C(C)(C)C)(c1ccccc1)c1ccccc1. The zero-order valence-corrected chi connectivity index (χ0v) is 17.8. The molecule has 140 valence electrons. The van der Waals surface area contributed by atoms with E-state index < -0.39 is 15.4 Å². The average Bonchev–Trinajstić information content (AvgIpc) is 3.05. The van der Waals surface area contributed by atoms with Crippen molar-refractivity contribution in [3.8, 4) is 0 Å². The quantitative estimate of drug-likeness (QED) is 0.447. The summed E-state index contributed by atoms with van der Waals surface area (Å²) in [6.45, 7) is 8.52. The predicted molar refractivity (Wildman–Crippen MR) is 111 cm³/mol. The first-order valence-electron chi connectivity index (χ1n) is 9.18. The summed E-state index contributed by atoms with van der Waals surface area (Å²) < 4.78 is 12.6. The van der Waals surface area contributed by atoms with Crippen LogP contribution in [-0.2, 0) is 10.0 Å². The number of rotatable bonds is 6. The third kappa shape index (κ3) is 3.97. The van der Waals surface area contributed by atoms with Gasteiger partial charge in [0.2, 0.25) is 0 Å². The van der Waals surface area contributed by atoms with E-state index in [0.717, 1.165) is 23.0 Å². The molecule has 3 rings (SSSR count). The Hall–Kier alpha value is -2.43. The van der Waals surface area contributed by atoms with Crippen molar-refractivity contribution in [2.24, 2.45) is 0 Å². The van der Waals surface area contributed by atoms with E-state index in [4.69, 9.17) is 8.84 Å². The van der Waals surface area contributed by atoms with Gasteiger partial charge in [-0.05, 0) is 29.2 Å². The number of carbonyl (C=O) groups excluding carboxylic acids is 1. The van der Waals surface area contributed by atoms with Gasteiger partial charge in [0.05, 0.1) is 0 Å². The second-order valence-electron chi connectivity index (χ2n) is 8.00. The first-order chi connectivity index (χ1) is 12.9. The molecular formula is C23H26O3Si. The molecule has 27 heavy (non-hydrogen) atoms. The lowest BCUT2D eigenvalue weighted by molar-refractivity contribution is 0.109. The van der Waals surface area contributed by atoms with E-state index in [9.17, 15) is 4.79 Å². The second kappa shape index (κ2) is 7.67. The van der Waals surface area contributed by atoms with Crippen LogP contribution in [0.2, 0.25) is 5.04 Å². The molecule has 3 nitrogen and oxygen atoms in total. The Labute approximate surface area is 163 Å². The van der Waals surface area contributed by atoms with E-state index in [-0.39, 0.29) is 5.04 Å². The molecule has 0 fully saturated rings. The molecule has 0 radical (unpaired) electrons. The molecule has 0 aliphatic heterocycles. The number of furan rings is 1. The lowest BCUT2D eigenvalue weighted by atomic mass is 9.80. The van der Waals surface area contributed by atoms with E-state index in [0.29, 0.717) is 11.5 Å². The fourth-order valence-corrected chi connectivity index (χ4v) is 4.44. The fraction of sp³-hybridized carbons (Fsp3) is 0.261. The highest BCUT2D eigenvalue weighted by Crippen LogP contribution is 2.43. The molecule has 2 aromatic carbocycles. The van der Waals surface area contributed by atoms with Crippen LogP contribution in [-0.4, -0.2) is 16.0 Å². The van der Waals surface area contributed by atoms with Crippen LogP contribution in [0, 0.1) is 6.92 Å². The Bertz CT molecular complexity index is 853. The molecule has 0 aliphatic rings. The van der Waals surface area contributed by atoms with Crippen molar-refractivity contribution in [2.45, 2.75) is 38.3 Å². The van der Waals surface area contributed by atoms with Gasteiger partial charge in [0.15, 0.2) is 21.8 Å². The van der Waals surface area contributed by atoms with Crippen LogP contribution in [0.25, 0.3) is 0 Å². The minimum atomic E-state index is -0.929. The standard InChI is InChI=1S/C23H26O3Si/c1-17-21(15-20(16-24)25-17)23(26-27-22(2,3)4,18-11-7-5-8-12-18)19-13-9-6-10-14-19/h5-16H,27H2,1-4H3. The van der Waals surface area contributed by atoms with Gasteiger partial charge in [-0.3, -0.25) is 4.79 Å². The lowest BCUT2D eigenvalue weighted by Gasteiger charge is -2.37. The van der Waals surface area contributed by atoms with Gasteiger partial charge in [0, 0.05) is 5.56 Å². The van der Waals surface area contributed by atoms with E-state index in [1.54, 1.807) is 0 Å². The first kappa shape index (κ1) is 19.3. The van der Waals surface area contributed by atoms with Crippen LogP contribution in [0.1, 0.15) is 53.8 Å². The second-order valence-corrected chi connectivity index (χ2v) is 10.7. The van der Waals surface area contributed by atoms with Gasteiger partial charge in [-0.2, -0.15) is 0 Å². The summed E-state index contributed by atoms with van der Waals surface area (Å²) >= 11 is 0. The molecule has 0 amide bonds. The number of carbonyl (C=O) groups is 1. The highest BCUT2D eigenvalue weighted by Gasteiger charge is 2.41. The summed E-state index contributed by atoms with van der Waals surface area (Å²) in [4.78, 5) is 11.4. The lowest BCUT2D eigenvalue weighted by Crippen LogP contribution is -2.36. The summed E-state index contributed by atoms with van der Waals surface area (Å²) in [5.74, 6) is 1.02. The zero-order valence-electron chi connectivity index (χ0n) is 16.4. The predicted octanol–water partition coefficient (Wildman–Crippen LogP) is 5.01. The van der Waals surface area contributed by atoms with E-state index in [1.807, 2.05) is 49.4 Å². The van der Waals surface area contributed by atoms with Gasteiger partial charge in [-0.25, -0.2) is 0 Å². The van der Waals surface area contributed by atoms with Gasteiger partial charge in [-0.15, -0.1) is 0 Å². The maximum atomic E-state index is 11.4. The van der Waals surface area contributed by atoms with Crippen LogP contribution < -0.4 is 0 Å². The Kier molecular flexibility index (Phi) is 5.49. The van der Waals surface area contributed by atoms with E-state index in [2.05, 4.69) is 45.0 Å². The number of hydrogen-bond acceptors (Lipinski definition) is 3. The minimum absolute atomic E-state index is 0.111. The Morgan fingerprint density at radius 1 is 0.926 bits per heavy atom. The first-order valence-corrected chi connectivity index (χ1v) is 10.5. The zero-order chi connectivity index (χ0) is 19.5. The Morgan fingerprint density at radius 2 is 1.44 bits per heavy atom. The van der Waals surface area contributed by atoms with Crippen molar-refractivity contribution < 1.29 is 13.6 Å².